The van der Waals surface area contributed by atoms with Gasteiger partial charge in [-0.05, 0) is 36.4 Å². The van der Waals surface area contributed by atoms with Crippen LogP contribution >= 0.6 is 11.6 Å². The number of hydrogen-bond acceptors (Lipinski definition) is 4. The molecule has 3 rings (SSSR count). The van der Waals surface area contributed by atoms with Crippen LogP contribution in [0.4, 0.5) is 5.69 Å². The van der Waals surface area contributed by atoms with Crippen LogP contribution in [0, 0.1) is 0 Å². The molecule has 0 spiro atoms. The van der Waals surface area contributed by atoms with E-state index in [0.717, 1.165) is 4.31 Å². The fourth-order valence-corrected chi connectivity index (χ4v) is 3.82. The summed E-state index contributed by atoms with van der Waals surface area (Å²) in [6, 6.07) is 13.0. The molecule has 0 atom stereocenters. The molecule has 0 aromatic heterocycles. The molecular formula is C17H17ClN2O4S. The predicted molar refractivity (Wildman–Crippen MR) is 95.6 cm³/mol. The summed E-state index contributed by atoms with van der Waals surface area (Å²) < 4.78 is 31.7. The maximum absolute atomic E-state index is 12.6. The Balaban J connectivity index is 1.78. The number of para-hydroxylation sites is 2. The van der Waals surface area contributed by atoms with Crippen molar-refractivity contribution in [2.24, 2.45) is 0 Å². The fraction of sp³-hybridized carbons (Fsp3) is 0.235. The molecule has 1 amide bonds. The van der Waals surface area contributed by atoms with Gasteiger partial charge in [0.25, 0.3) is 0 Å². The minimum absolute atomic E-state index is 0.0922. The van der Waals surface area contributed by atoms with E-state index in [1.54, 1.807) is 17.0 Å². The van der Waals surface area contributed by atoms with Crippen molar-refractivity contribution in [1.29, 1.82) is 0 Å². The van der Waals surface area contributed by atoms with E-state index in [1.807, 2.05) is 12.1 Å². The summed E-state index contributed by atoms with van der Waals surface area (Å²) >= 11 is 5.79. The zero-order chi connectivity index (χ0) is 18.0. The van der Waals surface area contributed by atoms with Crippen LogP contribution in [-0.2, 0) is 14.8 Å². The molecule has 0 N–H and O–H groups in total. The second-order valence-corrected chi connectivity index (χ2v) is 8.06. The van der Waals surface area contributed by atoms with Gasteiger partial charge in [0.2, 0.25) is 15.9 Å². The summed E-state index contributed by atoms with van der Waals surface area (Å²) in [6.45, 7) is 0.486. The van der Waals surface area contributed by atoms with E-state index in [-0.39, 0.29) is 17.3 Å². The fourth-order valence-electron chi connectivity index (χ4n) is 2.58. The lowest BCUT2D eigenvalue weighted by atomic mass is 10.2. The zero-order valence-corrected chi connectivity index (χ0v) is 15.1. The normalized spacial score (nSPS) is 14.1. The number of sulfonamides is 1. The Kier molecular flexibility index (Phi) is 4.99. The van der Waals surface area contributed by atoms with Crippen LogP contribution in [0.1, 0.15) is 0 Å². The molecule has 0 aliphatic carbocycles. The first-order valence-corrected chi connectivity index (χ1v) is 9.45. The monoisotopic (exact) mass is 380 g/mol. The highest BCUT2D eigenvalue weighted by atomic mass is 35.5. The molecule has 0 unspecified atom stereocenters. The lowest BCUT2D eigenvalue weighted by molar-refractivity contribution is -0.118. The first-order chi connectivity index (χ1) is 11.9. The summed E-state index contributed by atoms with van der Waals surface area (Å²) in [7, 11) is -2.39. The number of carbonyl (C=O) groups is 1. The quantitative estimate of drug-likeness (QED) is 0.816. The van der Waals surface area contributed by atoms with Crippen LogP contribution in [0.15, 0.2) is 53.4 Å². The van der Waals surface area contributed by atoms with Crippen LogP contribution in [0.25, 0.3) is 0 Å². The molecule has 2 aromatic rings. The van der Waals surface area contributed by atoms with Crippen LogP contribution in [0.5, 0.6) is 5.75 Å². The second-order valence-electron chi connectivity index (χ2n) is 5.58. The molecule has 0 saturated heterocycles. The summed E-state index contributed by atoms with van der Waals surface area (Å²) in [5.74, 6) is 0.307. The van der Waals surface area contributed by atoms with E-state index < -0.39 is 10.0 Å². The first kappa shape index (κ1) is 17.7. The summed E-state index contributed by atoms with van der Waals surface area (Å²) in [4.78, 5) is 14.3. The number of hydrogen-bond donors (Lipinski definition) is 0. The van der Waals surface area contributed by atoms with Crippen LogP contribution in [-0.4, -0.2) is 45.4 Å². The number of ether oxygens (including phenoxy) is 1. The Labute approximate surface area is 151 Å². The van der Waals surface area contributed by atoms with Gasteiger partial charge in [0.1, 0.15) is 12.4 Å². The van der Waals surface area contributed by atoms with Crippen molar-refractivity contribution < 1.29 is 17.9 Å². The van der Waals surface area contributed by atoms with Crippen LogP contribution in [0.3, 0.4) is 0 Å². The average molecular weight is 381 g/mol. The van der Waals surface area contributed by atoms with Crippen molar-refractivity contribution in [2.45, 2.75) is 4.90 Å². The van der Waals surface area contributed by atoms with Gasteiger partial charge in [0.05, 0.1) is 23.7 Å². The molecular weight excluding hydrogens is 364 g/mol. The number of rotatable bonds is 4. The first-order valence-electron chi connectivity index (χ1n) is 7.64. The van der Waals surface area contributed by atoms with Crippen molar-refractivity contribution in [3.8, 4) is 5.75 Å². The largest absolute Gasteiger partial charge is 0.490 e. The van der Waals surface area contributed by atoms with E-state index in [2.05, 4.69) is 0 Å². The number of halogens is 1. The van der Waals surface area contributed by atoms with E-state index in [4.69, 9.17) is 16.3 Å². The van der Waals surface area contributed by atoms with Crippen LogP contribution in [0.2, 0.25) is 5.02 Å². The molecule has 1 aliphatic rings. The maximum atomic E-state index is 12.6. The molecule has 0 saturated carbocycles. The number of anilines is 1. The molecule has 1 aliphatic heterocycles. The smallest absolute Gasteiger partial charge is 0.243 e. The van der Waals surface area contributed by atoms with Gasteiger partial charge in [-0.2, -0.15) is 4.31 Å². The molecule has 1 heterocycles. The molecule has 0 bridgehead atoms. The second kappa shape index (κ2) is 7.03. The highest BCUT2D eigenvalue weighted by Gasteiger charge is 2.28. The van der Waals surface area contributed by atoms with Gasteiger partial charge in [0.15, 0.2) is 0 Å². The lowest BCUT2D eigenvalue weighted by Crippen LogP contribution is -2.44. The number of benzene rings is 2. The lowest BCUT2D eigenvalue weighted by Gasteiger charge is -2.30. The molecule has 0 radical (unpaired) electrons. The topological polar surface area (TPSA) is 66.9 Å². The Hall–Kier alpha value is -2.09. The molecule has 25 heavy (non-hydrogen) atoms. The number of nitrogens with zero attached hydrogens (tertiary/aromatic N) is 2. The Bertz CT molecular complexity index is 884. The molecule has 0 fully saturated rings. The Morgan fingerprint density at radius 1 is 1.20 bits per heavy atom. The van der Waals surface area contributed by atoms with E-state index in [9.17, 15) is 13.2 Å². The standard InChI is InChI=1S/C17H17ClN2O4S/c1-19(25(22,23)14-8-6-13(18)7-9-14)12-17(21)20-10-11-24-16-5-3-2-4-15(16)20/h2-9H,10-12H2,1H3. The molecule has 8 heteroatoms. The van der Waals surface area contributed by atoms with E-state index in [0.29, 0.717) is 29.6 Å². The third-order valence-corrected chi connectivity index (χ3v) is 5.98. The van der Waals surface area contributed by atoms with Crippen molar-refractivity contribution >= 4 is 33.2 Å². The van der Waals surface area contributed by atoms with Gasteiger partial charge in [-0.3, -0.25) is 4.79 Å². The number of amides is 1. The van der Waals surface area contributed by atoms with Crippen LogP contribution < -0.4 is 9.64 Å². The van der Waals surface area contributed by atoms with E-state index in [1.165, 1.54) is 31.3 Å². The number of likely N-dealkylation sites (N-methyl/N-ethyl adjacent to an activating group) is 1. The maximum Gasteiger partial charge on any atom is 0.243 e. The van der Waals surface area contributed by atoms with Gasteiger partial charge in [-0.25, -0.2) is 8.42 Å². The van der Waals surface area contributed by atoms with Crippen molar-refractivity contribution in [3.63, 3.8) is 0 Å². The van der Waals surface area contributed by atoms with Gasteiger partial charge in [-0.15, -0.1) is 0 Å². The minimum atomic E-state index is -3.77. The van der Waals surface area contributed by atoms with Gasteiger partial charge in [-0.1, -0.05) is 23.7 Å². The molecule has 6 nitrogen and oxygen atoms in total. The summed E-state index contributed by atoms with van der Waals surface area (Å²) in [5.41, 5.74) is 0.649. The van der Waals surface area contributed by atoms with Gasteiger partial charge in [0, 0.05) is 12.1 Å². The number of carbonyl (C=O) groups excluding carboxylic acids is 1. The zero-order valence-electron chi connectivity index (χ0n) is 13.6. The average Bonchev–Trinajstić information content (AvgIpc) is 2.61. The predicted octanol–water partition coefficient (Wildman–Crippen LogP) is 2.39. The van der Waals surface area contributed by atoms with Gasteiger partial charge < -0.3 is 9.64 Å². The summed E-state index contributed by atoms with van der Waals surface area (Å²) in [5, 5.41) is 0.447. The van der Waals surface area contributed by atoms with Crippen molar-refractivity contribution in [1.82, 2.24) is 4.31 Å². The Morgan fingerprint density at radius 2 is 1.88 bits per heavy atom. The van der Waals surface area contributed by atoms with Crippen molar-refractivity contribution in [2.75, 3.05) is 31.6 Å². The molecule has 2 aromatic carbocycles. The SMILES string of the molecule is CN(CC(=O)N1CCOc2ccccc21)S(=O)(=O)c1ccc(Cl)cc1. The third kappa shape index (κ3) is 3.63. The Morgan fingerprint density at radius 3 is 2.60 bits per heavy atom. The molecule has 132 valence electrons. The summed E-state index contributed by atoms with van der Waals surface area (Å²) in [6.07, 6.45) is 0. The van der Waals surface area contributed by atoms with E-state index >= 15 is 0 Å². The highest BCUT2D eigenvalue weighted by Crippen LogP contribution is 2.31. The number of fused-ring (bicyclic) bond motifs is 1. The minimum Gasteiger partial charge on any atom is -0.490 e. The third-order valence-electron chi connectivity index (χ3n) is 3.91. The highest BCUT2D eigenvalue weighted by molar-refractivity contribution is 7.89. The van der Waals surface area contributed by atoms with Gasteiger partial charge >= 0.3 is 0 Å². The van der Waals surface area contributed by atoms with Crippen molar-refractivity contribution in [3.05, 3.63) is 53.6 Å².